The molecule has 142 valence electrons. The summed E-state index contributed by atoms with van der Waals surface area (Å²) in [5.41, 5.74) is 3.85. The fraction of sp³-hybridized carbons (Fsp3) is 0.435. The molecule has 27 heavy (non-hydrogen) atoms. The van der Waals surface area contributed by atoms with Crippen LogP contribution in [0.2, 0.25) is 0 Å². The van der Waals surface area contributed by atoms with Crippen molar-refractivity contribution in [3.63, 3.8) is 0 Å². The van der Waals surface area contributed by atoms with Gasteiger partial charge in [0.25, 0.3) is 0 Å². The number of carbonyl (C=O) groups is 1. The minimum absolute atomic E-state index is 0.00911. The van der Waals surface area contributed by atoms with Crippen LogP contribution in [0.15, 0.2) is 54.6 Å². The number of nitrogens with one attached hydrogen (secondary N) is 1. The molecule has 0 unspecified atom stereocenters. The van der Waals surface area contributed by atoms with Crippen molar-refractivity contribution < 1.29 is 4.79 Å². The van der Waals surface area contributed by atoms with Crippen molar-refractivity contribution in [1.82, 2.24) is 5.32 Å². The number of fused-ring (bicyclic) bond motifs is 3. The van der Waals surface area contributed by atoms with E-state index in [-0.39, 0.29) is 17.9 Å². The monoisotopic (exact) mass is 363 g/mol. The fourth-order valence-electron chi connectivity index (χ4n) is 4.37. The summed E-state index contributed by atoms with van der Waals surface area (Å²) >= 11 is 0. The van der Waals surface area contributed by atoms with Crippen LogP contribution >= 0.6 is 0 Å². The summed E-state index contributed by atoms with van der Waals surface area (Å²) in [6, 6.07) is 19.4. The molecule has 2 heterocycles. The molecule has 1 saturated heterocycles. The number of amides is 1. The maximum atomic E-state index is 13.1. The molecule has 2 atom stereocenters. The lowest BCUT2D eigenvalue weighted by Gasteiger charge is -2.49. The Labute approximate surface area is 162 Å². The highest BCUT2D eigenvalue weighted by Gasteiger charge is 2.41. The molecule has 4 heteroatoms. The Balaban J connectivity index is 1.61. The Morgan fingerprint density at radius 2 is 1.81 bits per heavy atom. The van der Waals surface area contributed by atoms with E-state index in [1.165, 1.54) is 16.9 Å². The van der Waals surface area contributed by atoms with Gasteiger partial charge in [0.05, 0.1) is 12.0 Å². The van der Waals surface area contributed by atoms with Crippen molar-refractivity contribution in [3.05, 3.63) is 60.2 Å². The number of rotatable bonds is 4. The van der Waals surface area contributed by atoms with Gasteiger partial charge in [0.1, 0.15) is 0 Å². The van der Waals surface area contributed by atoms with Gasteiger partial charge in [-0.1, -0.05) is 50.2 Å². The molecule has 2 aliphatic rings. The number of hydrogen-bond acceptors (Lipinski definition) is 3. The van der Waals surface area contributed by atoms with Crippen LogP contribution in [0.3, 0.4) is 0 Å². The zero-order valence-corrected chi connectivity index (χ0v) is 16.3. The summed E-state index contributed by atoms with van der Waals surface area (Å²) < 4.78 is 0. The van der Waals surface area contributed by atoms with Crippen molar-refractivity contribution in [3.8, 4) is 0 Å². The Morgan fingerprint density at radius 1 is 1.07 bits per heavy atom. The lowest BCUT2D eigenvalue weighted by atomic mass is 9.83. The van der Waals surface area contributed by atoms with Crippen molar-refractivity contribution in [2.45, 2.75) is 26.3 Å². The average molecular weight is 364 g/mol. The SMILES string of the molecule is CC(C)CNC(=O)[C@H]1Cc2ccccc2N2CCN(c3ccccc3)C[C@H]12. The number of piperazine rings is 1. The summed E-state index contributed by atoms with van der Waals surface area (Å²) in [7, 11) is 0. The smallest absolute Gasteiger partial charge is 0.225 e. The maximum Gasteiger partial charge on any atom is 0.225 e. The fourth-order valence-corrected chi connectivity index (χ4v) is 4.37. The molecular weight excluding hydrogens is 334 g/mol. The Hall–Kier alpha value is -2.49. The first kappa shape index (κ1) is 17.9. The first-order chi connectivity index (χ1) is 13.1. The van der Waals surface area contributed by atoms with Gasteiger partial charge < -0.3 is 15.1 Å². The molecule has 1 N–H and O–H groups in total. The first-order valence-electron chi connectivity index (χ1n) is 10.1. The van der Waals surface area contributed by atoms with Crippen molar-refractivity contribution in [2.75, 3.05) is 36.0 Å². The summed E-state index contributed by atoms with van der Waals surface area (Å²) in [4.78, 5) is 18.0. The van der Waals surface area contributed by atoms with Gasteiger partial charge in [0.2, 0.25) is 5.91 Å². The van der Waals surface area contributed by atoms with Gasteiger partial charge >= 0.3 is 0 Å². The predicted molar refractivity (Wildman–Crippen MR) is 111 cm³/mol. The highest BCUT2D eigenvalue weighted by molar-refractivity contribution is 5.82. The lowest BCUT2D eigenvalue weighted by Crippen LogP contribution is -2.61. The highest BCUT2D eigenvalue weighted by Crippen LogP contribution is 2.36. The van der Waals surface area contributed by atoms with E-state index in [4.69, 9.17) is 0 Å². The molecule has 4 nitrogen and oxygen atoms in total. The van der Waals surface area contributed by atoms with Crippen LogP contribution in [0.4, 0.5) is 11.4 Å². The van der Waals surface area contributed by atoms with Gasteiger partial charge in [-0.2, -0.15) is 0 Å². The summed E-state index contributed by atoms with van der Waals surface area (Å²) in [5, 5.41) is 3.19. The molecule has 4 rings (SSSR count). The Bertz CT molecular complexity index is 789. The van der Waals surface area contributed by atoms with Crippen molar-refractivity contribution in [1.29, 1.82) is 0 Å². The molecule has 2 aromatic carbocycles. The molecule has 1 fully saturated rings. The normalized spacial score (nSPS) is 21.6. The minimum atomic E-state index is -0.00911. The summed E-state index contributed by atoms with van der Waals surface area (Å²) in [5.74, 6) is 0.654. The summed E-state index contributed by atoms with van der Waals surface area (Å²) in [6.45, 7) is 7.84. The molecule has 0 spiro atoms. The van der Waals surface area contributed by atoms with Gasteiger partial charge in [-0.25, -0.2) is 0 Å². The molecule has 0 saturated carbocycles. The molecular formula is C23H29N3O. The van der Waals surface area contributed by atoms with Crippen LogP contribution < -0.4 is 15.1 Å². The first-order valence-corrected chi connectivity index (χ1v) is 10.1. The van der Waals surface area contributed by atoms with Gasteiger partial charge in [0.15, 0.2) is 0 Å². The van der Waals surface area contributed by atoms with Gasteiger partial charge in [0, 0.05) is 37.6 Å². The molecule has 0 radical (unpaired) electrons. The number of anilines is 2. The zero-order chi connectivity index (χ0) is 18.8. The van der Waals surface area contributed by atoms with E-state index >= 15 is 0 Å². The van der Waals surface area contributed by atoms with E-state index in [1.54, 1.807) is 0 Å². The molecule has 0 aromatic heterocycles. The van der Waals surface area contributed by atoms with E-state index < -0.39 is 0 Å². The van der Waals surface area contributed by atoms with Crippen LogP contribution in [0.5, 0.6) is 0 Å². The number of hydrogen-bond donors (Lipinski definition) is 1. The van der Waals surface area contributed by atoms with Crippen molar-refractivity contribution >= 4 is 17.3 Å². The Morgan fingerprint density at radius 3 is 2.59 bits per heavy atom. The quantitative estimate of drug-likeness (QED) is 0.905. The predicted octanol–water partition coefficient (Wildman–Crippen LogP) is 3.33. The van der Waals surface area contributed by atoms with Gasteiger partial charge in [-0.05, 0) is 36.1 Å². The van der Waals surface area contributed by atoms with Crippen molar-refractivity contribution in [2.24, 2.45) is 11.8 Å². The van der Waals surface area contributed by atoms with E-state index in [0.29, 0.717) is 5.92 Å². The zero-order valence-electron chi connectivity index (χ0n) is 16.3. The van der Waals surface area contributed by atoms with Gasteiger partial charge in [-0.15, -0.1) is 0 Å². The highest BCUT2D eigenvalue weighted by atomic mass is 16.1. The third kappa shape index (κ3) is 3.66. The van der Waals surface area contributed by atoms with Crippen LogP contribution in [0.25, 0.3) is 0 Å². The second-order valence-corrected chi connectivity index (χ2v) is 8.12. The van der Waals surface area contributed by atoms with Gasteiger partial charge in [-0.3, -0.25) is 4.79 Å². The molecule has 0 aliphatic carbocycles. The van der Waals surface area contributed by atoms with E-state index in [2.05, 4.69) is 83.6 Å². The molecule has 2 aromatic rings. The van der Waals surface area contributed by atoms with E-state index in [9.17, 15) is 4.79 Å². The number of benzene rings is 2. The third-order valence-corrected chi connectivity index (χ3v) is 5.77. The van der Waals surface area contributed by atoms with Crippen LogP contribution in [0, 0.1) is 11.8 Å². The third-order valence-electron chi connectivity index (χ3n) is 5.77. The number of para-hydroxylation sites is 2. The lowest BCUT2D eigenvalue weighted by molar-refractivity contribution is -0.126. The molecule has 0 bridgehead atoms. The maximum absolute atomic E-state index is 13.1. The van der Waals surface area contributed by atoms with E-state index in [1.807, 2.05) is 0 Å². The second-order valence-electron chi connectivity index (χ2n) is 8.12. The molecule has 1 amide bonds. The average Bonchev–Trinajstić information content (AvgIpc) is 2.71. The summed E-state index contributed by atoms with van der Waals surface area (Å²) in [6.07, 6.45) is 0.823. The Kier molecular flexibility index (Phi) is 5.06. The van der Waals surface area contributed by atoms with E-state index in [0.717, 1.165) is 32.6 Å². The van der Waals surface area contributed by atoms with Crippen LogP contribution in [-0.4, -0.2) is 38.1 Å². The molecule has 2 aliphatic heterocycles. The van der Waals surface area contributed by atoms with Crippen LogP contribution in [-0.2, 0) is 11.2 Å². The van der Waals surface area contributed by atoms with Crippen LogP contribution in [0.1, 0.15) is 19.4 Å². The number of nitrogens with zero attached hydrogens (tertiary/aromatic N) is 2. The number of carbonyl (C=O) groups excluding carboxylic acids is 1. The topological polar surface area (TPSA) is 35.6 Å². The standard InChI is InChI=1S/C23H29N3O/c1-17(2)15-24-23(27)20-14-18-8-6-7-11-21(18)26-13-12-25(16-22(20)26)19-9-4-3-5-10-19/h3-11,17,20,22H,12-16H2,1-2H3,(H,24,27)/t20-,22+/m0/s1. The largest absolute Gasteiger partial charge is 0.368 e. The minimum Gasteiger partial charge on any atom is -0.368 e. The second kappa shape index (κ2) is 7.63.